The second kappa shape index (κ2) is 6.39. The molecule has 0 aliphatic carbocycles. The molecule has 0 spiro atoms. The van der Waals surface area contributed by atoms with Crippen molar-refractivity contribution in [3.05, 3.63) is 65.7 Å². The summed E-state index contributed by atoms with van der Waals surface area (Å²) in [5.74, 6) is 0.0937. The molecule has 25 heavy (non-hydrogen) atoms. The Morgan fingerprint density at radius 3 is 2.92 bits per heavy atom. The van der Waals surface area contributed by atoms with E-state index < -0.39 is 0 Å². The van der Waals surface area contributed by atoms with Crippen LogP contribution in [-0.4, -0.2) is 20.7 Å². The number of benzene rings is 2. The van der Waals surface area contributed by atoms with Crippen LogP contribution in [0.3, 0.4) is 0 Å². The van der Waals surface area contributed by atoms with Gasteiger partial charge in [-0.25, -0.2) is 9.67 Å². The first kappa shape index (κ1) is 15.4. The highest BCUT2D eigenvalue weighted by Crippen LogP contribution is 2.26. The second-order valence-electron chi connectivity index (χ2n) is 6.23. The van der Waals surface area contributed by atoms with Crippen LogP contribution in [0, 0.1) is 6.92 Å². The van der Waals surface area contributed by atoms with Gasteiger partial charge in [0.25, 0.3) is 0 Å². The Kier molecular flexibility index (Phi) is 3.93. The summed E-state index contributed by atoms with van der Waals surface area (Å²) >= 11 is 0. The number of aromatic nitrogens is 3. The molecule has 1 aromatic heterocycles. The molecule has 3 aromatic rings. The average Bonchev–Trinajstić information content (AvgIpc) is 3.14. The van der Waals surface area contributed by atoms with Crippen LogP contribution in [0.5, 0.6) is 0 Å². The third kappa shape index (κ3) is 3.24. The minimum Gasteiger partial charge on any atom is -0.381 e. The minimum absolute atomic E-state index is 0.0937. The lowest BCUT2D eigenvalue weighted by Gasteiger charge is -2.18. The van der Waals surface area contributed by atoms with Crippen LogP contribution < -0.4 is 10.6 Å². The van der Waals surface area contributed by atoms with Gasteiger partial charge in [0.15, 0.2) is 0 Å². The Morgan fingerprint density at radius 2 is 2.12 bits per heavy atom. The Labute approximate surface area is 145 Å². The molecule has 4 rings (SSSR count). The molecule has 126 valence electrons. The van der Waals surface area contributed by atoms with Gasteiger partial charge < -0.3 is 10.6 Å². The standard InChI is InChI=1S/C19H19N5O/c1-13-8-14(2-6-18(13)24-12-20-11-22-24)10-21-16-4-5-17-15(9-16)3-7-19(25)23-17/h2,4-6,8-9,11-12,21H,3,7,10H2,1H3,(H,23,25). The normalized spacial score (nSPS) is 13.2. The highest BCUT2D eigenvalue weighted by atomic mass is 16.1. The Balaban J connectivity index is 1.47. The molecule has 6 heteroatoms. The molecule has 1 amide bonds. The van der Waals surface area contributed by atoms with Gasteiger partial charge in [-0.2, -0.15) is 5.10 Å². The SMILES string of the molecule is Cc1cc(CNc2ccc3c(c2)CCC(=O)N3)ccc1-n1cncn1. The minimum atomic E-state index is 0.0937. The van der Waals surface area contributed by atoms with Crippen LogP contribution >= 0.6 is 0 Å². The van der Waals surface area contributed by atoms with Gasteiger partial charge in [-0.1, -0.05) is 12.1 Å². The topological polar surface area (TPSA) is 71.8 Å². The smallest absolute Gasteiger partial charge is 0.224 e. The lowest BCUT2D eigenvalue weighted by Crippen LogP contribution is -2.18. The van der Waals surface area contributed by atoms with Crippen LogP contribution in [0.1, 0.15) is 23.1 Å². The molecule has 1 aliphatic rings. The van der Waals surface area contributed by atoms with E-state index >= 15 is 0 Å². The van der Waals surface area contributed by atoms with Gasteiger partial charge in [0.05, 0.1) is 5.69 Å². The third-order valence-corrected chi connectivity index (χ3v) is 4.42. The summed E-state index contributed by atoms with van der Waals surface area (Å²) in [5.41, 5.74) is 6.56. The van der Waals surface area contributed by atoms with Crippen LogP contribution in [-0.2, 0) is 17.8 Å². The fraction of sp³-hybridized carbons (Fsp3) is 0.211. The first-order valence-corrected chi connectivity index (χ1v) is 8.30. The van der Waals surface area contributed by atoms with Crippen molar-refractivity contribution in [2.24, 2.45) is 0 Å². The molecule has 1 aliphatic heterocycles. The van der Waals surface area contributed by atoms with E-state index in [0.29, 0.717) is 6.42 Å². The fourth-order valence-electron chi connectivity index (χ4n) is 3.11. The maximum absolute atomic E-state index is 11.4. The number of rotatable bonds is 4. The summed E-state index contributed by atoms with van der Waals surface area (Å²) in [6.45, 7) is 2.81. The van der Waals surface area contributed by atoms with E-state index in [4.69, 9.17) is 0 Å². The molecule has 6 nitrogen and oxygen atoms in total. The Morgan fingerprint density at radius 1 is 1.20 bits per heavy atom. The fourth-order valence-corrected chi connectivity index (χ4v) is 3.11. The van der Waals surface area contributed by atoms with Gasteiger partial charge in [0.2, 0.25) is 5.91 Å². The molecule has 0 atom stereocenters. The quantitative estimate of drug-likeness (QED) is 0.770. The lowest BCUT2D eigenvalue weighted by molar-refractivity contribution is -0.116. The second-order valence-corrected chi connectivity index (χ2v) is 6.23. The first-order chi connectivity index (χ1) is 12.2. The van der Waals surface area contributed by atoms with E-state index in [1.54, 1.807) is 11.0 Å². The molecule has 0 saturated heterocycles. The van der Waals surface area contributed by atoms with Crippen molar-refractivity contribution in [3.63, 3.8) is 0 Å². The molecule has 0 bridgehead atoms. The zero-order chi connectivity index (χ0) is 17.2. The van der Waals surface area contributed by atoms with Gasteiger partial charge in [0.1, 0.15) is 12.7 Å². The number of amides is 1. The van der Waals surface area contributed by atoms with Crippen LogP contribution in [0.2, 0.25) is 0 Å². The van der Waals surface area contributed by atoms with Crippen molar-refractivity contribution in [2.45, 2.75) is 26.3 Å². The Bertz CT molecular complexity index is 918. The highest BCUT2D eigenvalue weighted by Gasteiger charge is 2.14. The summed E-state index contributed by atoms with van der Waals surface area (Å²) in [7, 11) is 0. The number of nitrogens with zero attached hydrogens (tertiary/aromatic N) is 3. The summed E-state index contributed by atoms with van der Waals surface area (Å²) in [6, 6.07) is 12.4. The predicted octanol–water partition coefficient (Wildman–Crippen LogP) is 3.07. The summed E-state index contributed by atoms with van der Waals surface area (Å²) in [5, 5.41) is 10.5. The van der Waals surface area contributed by atoms with E-state index in [-0.39, 0.29) is 5.91 Å². The highest BCUT2D eigenvalue weighted by molar-refractivity contribution is 5.94. The van der Waals surface area contributed by atoms with E-state index in [1.165, 1.54) is 17.5 Å². The lowest BCUT2D eigenvalue weighted by atomic mass is 10.0. The number of hydrogen-bond acceptors (Lipinski definition) is 4. The molecule has 2 N–H and O–H groups in total. The van der Waals surface area contributed by atoms with Crippen molar-refractivity contribution >= 4 is 17.3 Å². The maximum atomic E-state index is 11.4. The van der Waals surface area contributed by atoms with Gasteiger partial charge in [-0.15, -0.1) is 0 Å². The number of carbonyl (C=O) groups is 1. The molecule has 2 heterocycles. The van der Waals surface area contributed by atoms with Crippen LogP contribution in [0.15, 0.2) is 49.1 Å². The first-order valence-electron chi connectivity index (χ1n) is 8.30. The number of fused-ring (bicyclic) bond motifs is 1. The van der Waals surface area contributed by atoms with Gasteiger partial charge in [-0.05, 0) is 54.3 Å². The zero-order valence-corrected chi connectivity index (χ0v) is 14.0. The van der Waals surface area contributed by atoms with Gasteiger partial charge >= 0.3 is 0 Å². The van der Waals surface area contributed by atoms with E-state index in [1.807, 2.05) is 12.1 Å². The number of anilines is 2. The van der Waals surface area contributed by atoms with Crippen molar-refractivity contribution in [1.82, 2.24) is 14.8 Å². The summed E-state index contributed by atoms with van der Waals surface area (Å²) in [6.07, 6.45) is 4.58. The number of aryl methyl sites for hydroxylation is 2. The third-order valence-electron chi connectivity index (χ3n) is 4.42. The van der Waals surface area contributed by atoms with Gasteiger partial charge in [0, 0.05) is 24.3 Å². The van der Waals surface area contributed by atoms with Crippen LogP contribution in [0.25, 0.3) is 5.69 Å². The zero-order valence-electron chi connectivity index (χ0n) is 14.0. The maximum Gasteiger partial charge on any atom is 0.224 e. The van der Waals surface area contributed by atoms with Crippen molar-refractivity contribution < 1.29 is 4.79 Å². The van der Waals surface area contributed by atoms with Crippen molar-refractivity contribution in [1.29, 1.82) is 0 Å². The molecule has 0 unspecified atom stereocenters. The predicted molar refractivity (Wildman–Crippen MR) is 96.8 cm³/mol. The average molecular weight is 333 g/mol. The van der Waals surface area contributed by atoms with E-state index in [9.17, 15) is 4.79 Å². The summed E-state index contributed by atoms with van der Waals surface area (Å²) in [4.78, 5) is 15.4. The van der Waals surface area contributed by atoms with Crippen molar-refractivity contribution in [3.8, 4) is 5.69 Å². The van der Waals surface area contributed by atoms with E-state index in [2.05, 4.69) is 51.9 Å². The molecule has 0 saturated carbocycles. The van der Waals surface area contributed by atoms with E-state index in [0.717, 1.165) is 35.6 Å². The Hall–Kier alpha value is -3.15. The van der Waals surface area contributed by atoms with Crippen molar-refractivity contribution in [2.75, 3.05) is 10.6 Å². The summed E-state index contributed by atoms with van der Waals surface area (Å²) < 4.78 is 1.77. The van der Waals surface area contributed by atoms with Gasteiger partial charge in [-0.3, -0.25) is 4.79 Å². The molecule has 2 aromatic carbocycles. The number of nitrogens with one attached hydrogen (secondary N) is 2. The van der Waals surface area contributed by atoms with Crippen LogP contribution in [0.4, 0.5) is 11.4 Å². The molecule has 0 radical (unpaired) electrons. The molecular weight excluding hydrogens is 314 g/mol. The number of carbonyl (C=O) groups excluding carboxylic acids is 1. The number of hydrogen-bond donors (Lipinski definition) is 2. The monoisotopic (exact) mass is 333 g/mol. The largest absolute Gasteiger partial charge is 0.381 e. The molecule has 0 fully saturated rings. The molecular formula is C19H19N5O.